The van der Waals surface area contributed by atoms with Gasteiger partial charge in [-0.1, -0.05) is 62.8 Å². The highest BCUT2D eigenvalue weighted by atomic mass is 16.2. The standard InChI is InChI=1S/C22H38O2/c1-6-7-8-9-10-17-21(23)22(24)20(5)16-12-15-19(4)14-11-13-18(2)3/h13,15,20H,6-12,14,16-17H2,1-5H3. The summed E-state index contributed by atoms with van der Waals surface area (Å²) < 4.78 is 0. The third kappa shape index (κ3) is 12.3. The number of rotatable bonds is 14. The van der Waals surface area contributed by atoms with Crippen molar-refractivity contribution in [1.29, 1.82) is 0 Å². The number of Topliss-reactive ketones (excluding diaryl/α,β-unsaturated/α-hetero) is 2. The summed E-state index contributed by atoms with van der Waals surface area (Å²) in [5.41, 5.74) is 2.73. The van der Waals surface area contributed by atoms with E-state index >= 15 is 0 Å². The number of allylic oxidation sites excluding steroid dienone is 4. The Balaban J connectivity index is 3.99. The highest BCUT2D eigenvalue weighted by Gasteiger charge is 2.19. The monoisotopic (exact) mass is 334 g/mol. The molecule has 0 heterocycles. The number of carbonyl (C=O) groups is 2. The minimum atomic E-state index is -0.166. The highest BCUT2D eigenvalue weighted by Crippen LogP contribution is 2.14. The fraction of sp³-hybridized carbons (Fsp3) is 0.727. The summed E-state index contributed by atoms with van der Waals surface area (Å²) in [6, 6.07) is 0. The SMILES string of the molecule is CCCCCCCC(=O)C(=O)C(C)CCC=C(C)CCC=C(C)C. The Morgan fingerprint density at radius 3 is 2.17 bits per heavy atom. The van der Waals surface area contributed by atoms with E-state index in [0.29, 0.717) is 6.42 Å². The Labute approximate surface area is 149 Å². The average Bonchev–Trinajstić information content (AvgIpc) is 2.53. The first kappa shape index (κ1) is 22.8. The lowest BCUT2D eigenvalue weighted by Gasteiger charge is -2.08. The number of carbonyl (C=O) groups excluding carboxylic acids is 2. The van der Waals surface area contributed by atoms with Gasteiger partial charge in [0.1, 0.15) is 0 Å². The van der Waals surface area contributed by atoms with Crippen molar-refractivity contribution in [2.24, 2.45) is 5.92 Å². The van der Waals surface area contributed by atoms with Crippen LogP contribution in [0.2, 0.25) is 0 Å². The molecule has 0 bridgehead atoms. The van der Waals surface area contributed by atoms with Crippen LogP contribution in [0, 0.1) is 5.92 Å². The molecular formula is C22H38O2. The van der Waals surface area contributed by atoms with Crippen molar-refractivity contribution in [2.75, 3.05) is 0 Å². The lowest BCUT2D eigenvalue weighted by atomic mass is 9.94. The van der Waals surface area contributed by atoms with Gasteiger partial charge < -0.3 is 0 Å². The summed E-state index contributed by atoms with van der Waals surface area (Å²) in [6.07, 6.45) is 14.2. The van der Waals surface area contributed by atoms with E-state index in [2.05, 4.69) is 39.8 Å². The van der Waals surface area contributed by atoms with Crippen molar-refractivity contribution >= 4 is 11.6 Å². The predicted octanol–water partition coefficient (Wildman–Crippen LogP) is 6.59. The van der Waals surface area contributed by atoms with Gasteiger partial charge in [0.25, 0.3) is 0 Å². The van der Waals surface area contributed by atoms with Gasteiger partial charge in [0.05, 0.1) is 0 Å². The van der Waals surface area contributed by atoms with E-state index in [1.165, 1.54) is 30.4 Å². The molecule has 2 nitrogen and oxygen atoms in total. The lowest BCUT2D eigenvalue weighted by Crippen LogP contribution is -2.21. The Morgan fingerprint density at radius 2 is 1.54 bits per heavy atom. The molecule has 0 radical (unpaired) electrons. The van der Waals surface area contributed by atoms with Crippen LogP contribution in [0.15, 0.2) is 23.3 Å². The van der Waals surface area contributed by atoms with Crippen LogP contribution < -0.4 is 0 Å². The fourth-order valence-electron chi connectivity index (χ4n) is 2.69. The van der Waals surface area contributed by atoms with Crippen molar-refractivity contribution in [2.45, 2.75) is 98.8 Å². The van der Waals surface area contributed by atoms with Crippen LogP contribution in [0.4, 0.5) is 0 Å². The summed E-state index contributed by atoms with van der Waals surface area (Å²) in [4.78, 5) is 24.1. The molecule has 0 amide bonds. The third-order valence-corrected chi connectivity index (χ3v) is 4.41. The molecule has 0 spiro atoms. The summed E-state index contributed by atoms with van der Waals surface area (Å²) in [6.45, 7) is 10.4. The molecule has 0 aliphatic heterocycles. The first-order valence-corrected chi connectivity index (χ1v) is 9.74. The van der Waals surface area contributed by atoms with Gasteiger partial charge in [-0.05, 0) is 52.9 Å². The van der Waals surface area contributed by atoms with Gasteiger partial charge in [0, 0.05) is 12.3 Å². The second-order valence-corrected chi connectivity index (χ2v) is 7.30. The molecule has 1 atom stereocenters. The Bertz CT molecular complexity index is 425. The van der Waals surface area contributed by atoms with Gasteiger partial charge in [-0.3, -0.25) is 9.59 Å². The molecule has 2 heteroatoms. The van der Waals surface area contributed by atoms with Gasteiger partial charge >= 0.3 is 0 Å². The van der Waals surface area contributed by atoms with Crippen LogP contribution in [0.5, 0.6) is 0 Å². The summed E-state index contributed by atoms with van der Waals surface area (Å²) in [5, 5.41) is 0. The average molecular weight is 335 g/mol. The first-order chi connectivity index (χ1) is 11.4. The molecule has 0 fully saturated rings. The Kier molecular flexibility index (Phi) is 13.5. The maximum absolute atomic E-state index is 12.1. The molecule has 1 unspecified atom stereocenters. The van der Waals surface area contributed by atoms with Gasteiger partial charge in [-0.25, -0.2) is 0 Å². The minimum absolute atomic E-state index is 0.144. The second-order valence-electron chi connectivity index (χ2n) is 7.30. The summed E-state index contributed by atoms with van der Waals surface area (Å²) in [7, 11) is 0. The Morgan fingerprint density at radius 1 is 0.875 bits per heavy atom. The molecule has 0 aromatic rings. The van der Waals surface area contributed by atoms with Gasteiger partial charge in [-0.2, -0.15) is 0 Å². The lowest BCUT2D eigenvalue weighted by molar-refractivity contribution is -0.138. The van der Waals surface area contributed by atoms with Gasteiger partial charge in [0.2, 0.25) is 5.78 Å². The molecule has 0 aromatic heterocycles. The van der Waals surface area contributed by atoms with Crippen LogP contribution >= 0.6 is 0 Å². The molecule has 0 aliphatic rings. The van der Waals surface area contributed by atoms with Crippen molar-refractivity contribution in [3.63, 3.8) is 0 Å². The maximum atomic E-state index is 12.1. The normalized spacial score (nSPS) is 12.8. The molecule has 0 rings (SSSR count). The van der Waals surface area contributed by atoms with E-state index in [1.807, 2.05) is 6.92 Å². The van der Waals surface area contributed by atoms with Crippen molar-refractivity contribution in [1.82, 2.24) is 0 Å². The summed E-state index contributed by atoms with van der Waals surface area (Å²) in [5.74, 6) is -0.473. The van der Waals surface area contributed by atoms with Crippen LogP contribution in [-0.2, 0) is 9.59 Å². The molecule has 0 saturated heterocycles. The van der Waals surface area contributed by atoms with Gasteiger partial charge in [0.15, 0.2) is 5.78 Å². The van der Waals surface area contributed by atoms with E-state index in [4.69, 9.17) is 0 Å². The molecule has 0 aromatic carbocycles. The van der Waals surface area contributed by atoms with Crippen LogP contribution in [-0.4, -0.2) is 11.6 Å². The van der Waals surface area contributed by atoms with E-state index in [0.717, 1.165) is 38.5 Å². The predicted molar refractivity (Wildman–Crippen MR) is 104 cm³/mol. The summed E-state index contributed by atoms with van der Waals surface area (Å²) >= 11 is 0. The number of hydrogen-bond acceptors (Lipinski definition) is 2. The van der Waals surface area contributed by atoms with E-state index in [9.17, 15) is 9.59 Å². The zero-order chi connectivity index (χ0) is 18.4. The van der Waals surface area contributed by atoms with Crippen LogP contribution in [0.25, 0.3) is 0 Å². The van der Waals surface area contributed by atoms with Crippen LogP contribution in [0.3, 0.4) is 0 Å². The van der Waals surface area contributed by atoms with Crippen LogP contribution in [0.1, 0.15) is 98.8 Å². The van der Waals surface area contributed by atoms with E-state index in [-0.39, 0.29) is 17.5 Å². The number of hydrogen-bond donors (Lipinski definition) is 0. The maximum Gasteiger partial charge on any atom is 0.201 e. The number of ketones is 2. The number of unbranched alkanes of at least 4 members (excludes halogenated alkanes) is 4. The molecule has 138 valence electrons. The zero-order valence-electron chi connectivity index (χ0n) is 16.6. The Hall–Kier alpha value is -1.18. The first-order valence-electron chi connectivity index (χ1n) is 9.74. The second kappa shape index (κ2) is 14.2. The topological polar surface area (TPSA) is 34.1 Å². The molecule has 0 aliphatic carbocycles. The molecular weight excluding hydrogens is 296 g/mol. The molecule has 24 heavy (non-hydrogen) atoms. The van der Waals surface area contributed by atoms with Crippen molar-refractivity contribution in [3.05, 3.63) is 23.3 Å². The zero-order valence-corrected chi connectivity index (χ0v) is 16.6. The van der Waals surface area contributed by atoms with Crippen molar-refractivity contribution in [3.8, 4) is 0 Å². The van der Waals surface area contributed by atoms with Crippen molar-refractivity contribution < 1.29 is 9.59 Å². The highest BCUT2D eigenvalue weighted by molar-refractivity contribution is 6.37. The largest absolute Gasteiger partial charge is 0.291 e. The quantitative estimate of drug-likeness (QED) is 0.204. The smallest absolute Gasteiger partial charge is 0.201 e. The third-order valence-electron chi connectivity index (χ3n) is 4.41. The molecule has 0 N–H and O–H groups in total. The van der Waals surface area contributed by atoms with Gasteiger partial charge in [-0.15, -0.1) is 0 Å². The van der Waals surface area contributed by atoms with E-state index < -0.39 is 0 Å². The van der Waals surface area contributed by atoms with E-state index in [1.54, 1.807) is 0 Å². The minimum Gasteiger partial charge on any atom is -0.291 e. The fourth-order valence-corrected chi connectivity index (χ4v) is 2.69. The molecule has 0 saturated carbocycles.